The molecule has 0 radical (unpaired) electrons. The summed E-state index contributed by atoms with van der Waals surface area (Å²) in [6.45, 7) is 5.80. The molecule has 0 atom stereocenters. The van der Waals surface area contributed by atoms with Crippen LogP contribution in [-0.2, 0) is 9.53 Å². The van der Waals surface area contributed by atoms with Crippen molar-refractivity contribution in [2.24, 2.45) is 0 Å². The van der Waals surface area contributed by atoms with Crippen LogP contribution < -0.4 is 5.32 Å². The van der Waals surface area contributed by atoms with E-state index in [1.807, 2.05) is 0 Å². The smallest absolute Gasteiger partial charge is 0.325 e. The van der Waals surface area contributed by atoms with Crippen LogP contribution in [0.25, 0.3) is 0 Å². The second kappa shape index (κ2) is 5.38. The zero-order chi connectivity index (χ0) is 8.20. The molecule has 11 heavy (non-hydrogen) atoms. The Morgan fingerprint density at radius 3 is 2.27 bits per heavy atom. The number of ether oxygens (including phenoxy) is 1. The van der Waals surface area contributed by atoms with Gasteiger partial charge in [0.2, 0.25) is 0 Å². The van der Waals surface area contributed by atoms with Gasteiger partial charge in [-0.2, -0.15) is 0 Å². The third-order valence-electron chi connectivity index (χ3n) is 1.41. The normalized spacial score (nSPS) is 10.2. The molecule has 68 valence electrons. The molecule has 0 fully saturated rings. The molecule has 0 rings (SSSR count). The van der Waals surface area contributed by atoms with Gasteiger partial charge in [-0.1, -0.05) is 0 Å². The lowest BCUT2D eigenvalue weighted by Crippen LogP contribution is -2.45. The van der Waals surface area contributed by atoms with Gasteiger partial charge in [0, 0.05) is 0 Å². The van der Waals surface area contributed by atoms with Crippen molar-refractivity contribution < 1.29 is 9.53 Å². The Hall–Kier alpha value is -0.280. The van der Waals surface area contributed by atoms with Crippen LogP contribution in [0.4, 0.5) is 0 Å². The van der Waals surface area contributed by atoms with Crippen LogP contribution in [0.2, 0.25) is 0 Å². The minimum atomic E-state index is -0.560. The molecule has 3 nitrogen and oxygen atoms in total. The van der Waals surface area contributed by atoms with Gasteiger partial charge in [0.05, 0.1) is 6.61 Å². The van der Waals surface area contributed by atoms with Crippen molar-refractivity contribution in [3.05, 3.63) is 0 Å². The standard InChI is InChI=1S/C7H15NO2.ClH/c1-5-10-6(9)7(2,3)8-4;/h8H,5H2,1-4H3;1H. The Morgan fingerprint density at radius 1 is 1.55 bits per heavy atom. The van der Waals surface area contributed by atoms with E-state index in [1.54, 1.807) is 27.8 Å². The zero-order valence-electron chi connectivity index (χ0n) is 7.43. The summed E-state index contributed by atoms with van der Waals surface area (Å²) in [4.78, 5) is 11.0. The fourth-order valence-electron chi connectivity index (χ4n) is 0.414. The molecule has 0 aliphatic heterocycles. The highest BCUT2D eigenvalue weighted by atomic mass is 35.5. The van der Waals surface area contributed by atoms with E-state index >= 15 is 0 Å². The minimum Gasteiger partial charge on any atom is -0.465 e. The number of likely N-dealkylation sites (N-methyl/N-ethyl adjacent to an activating group) is 1. The molecule has 0 spiro atoms. The average Bonchev–Trinajstić information content (AvgIpc) is 1.89. The van der Waals surface area contributed by atoms with E-state index in [0.29, 0.717) is 6.61 Å². The predicted molar refractivity (Wildman–Crippen MR) is 47.0 cm³/mol. The maximum Gasteiger partial charge on any atom is 0.325 e. The van der Waals surface area contributed by atoms with Crippen LogP contribution in [0.5, 0.6) is 0 Å². The van der Waals surface area contributed by atoms with Crippen molar-refractivity contribution in [2.45, 2.75) is 26.3 Å². The van der Waals surface area contributed by atoms with Crippen LogP contribution in [0.15, 0.2) is 0 Å². The summed E-state index contributed by atoms with van der Waals surface area (Å²) in [6, 6.07) is 0. The van der Waals surface area contributed by atoms with E-state index in [1.165, 1.54) is 0 Å². The summed E-state index contributed by atoms with van der Waals surface area (Å²) in [6.07, 6.45) is 0. The monoisotopic (exact) mass is 181 g/mol. The number of carbonyl (C=O) groups excluding carboxylic acids is 1. The second-order valence-electron chi connectivity index (χ2n) is 2.60. The quantitative estimate of drug-likeness (QED) is 0.660. The summed E-state index contributed by atoms with van der Waals surface area (Å²) in [5.41, 5.74) is -0.560. The summed E-state index contributed by atoms with van der Waals surface area (Å²) in [5.74, 6) is -0.211. The maximum absolute atomic E-state index is 11.0. The summed E-state index contributed by atoms with van der Waals surface area (Å²) < 4.78 is 4.80. The molecule has 0 aromatic carbocycles. The Labute approximate surface area is 73.9 Å². The Bertz CT molecular complexity index is 126. The first-order valence-electron chi connectivity index (χ1n) is 3.40. The van der Waals surface area contributed by atoms with Gasteiger partial charge in [0.15, 0.2) is 0 Å². The summed E-state index contributed by atoms with van der Waals surface area (Å²) >= 11 is 0. The average molecular weight is 182 g/mol. The number of carbonyl (C=O) groups is 1. The van der Waals surface area contributed by atoms with E-state index in [9.17, 15) is 4.79 Å². The van der Waals surface area contributed by atoms with Gasteiger partial charge >= 0.3 is 5.97 Å². The number of rotatable bonds is 3. The van der Waals surface area contributed by atoms with Gasteiger partial charge in [-0.15, -0.1) is 12.4 Å². The third kappa shape index (κ3) is 4.22. The molecule has 4 heteroatoms. The largest absolute Gasteiger partial charge is 0.465 e. The number of esters is 1. The Kier molecular flexibility index (Phi) is 6.52. The first-order chi connectivity index (χ1) is 4.54. The Balaban J connectivity index is 0. The van der Waals surface area contributed by atoms with E-state index in [0.717, 1.165) is 0 Å². The maximum atomic E-state index is 11.0. The van der Waals surface area contributed by atoms with Gasteiger partial charge in [0.1, 0.15) is 5.54 Å². The first kappa shape index (κ1) is 13.3. The molecule has 0 amide bonds. The number of nitrogens with one attached hydrogen (secondary N) is 1. The molecular weight excluding hydrogens is 166 g/mol. The molecular formula is C7H16ClNO2. The predicted octanol–water partition coefficient (Wildman–Crippen LogP) is 0.969. The molecule has 0 aliphatic carbocycles. The summed E-state index contributed by atoms with van der Waals surface area (Å²) in [7, 11) is 1.73. The fraction of sp³-hybridized carbons (Fsp3) is 0.857. The molecule has 0 unspecified atom stereocenters. The molecule has 0 aromatic rings. The zero-order valence-corrected chi connectivity index (χ0v) is 8.25. The van der Waals surface area contributed by atoms with Gasteiger partial charge in [-0.3, -0.25) is 4.79 Å². The van der Waals surface area contributed by atoms with E-state index < -0.39 is 5.54 Å². The van der Waals surface area contributed by atoms with Gasteiger partial charge in [-0.25, -0.2) is 0 Å². The number of hydrogen-bond acceptors (Lipinski definition) is 3. The van der Waals surface area contributed by atoms with Crippen LogP contribution in [0.3, 0.4) is 0 Å². The van der Waals surface area contributed by atoms with Crippen molar-refractivity contribution >= 4 is 18.4 Å². The van der Waals surface area contributed by atoms with E-state index in [2.05, 4.69) is 5.32 Å². The molecule has 0 heterocycles. The minimum absolute atomic E-state index is 0. The highest BCUT2D eigenvalue weighted by Gasteiger charge is 2.26. The van der Waals surface area contributed by atoms with Crippen molar-refractivity contribution in [1.82, 2.24) is 5.32 Å². The van der Waals surface area contributed by atoms with Gasteiger partial charge in [-0.05, 0) is 27.8 Å². The van der Waals surface area contributed by atoms with Crippen LogP contribution in [0.1, 0.15) is 20.8 Å². The lowest BCUT2D eigenvalue weighted by atomic mass is 10.1. The summed E-state index contributed by atoms with van der Waals surface area (Å²) in [5, 5.41) is 2.85. The first-order valence-corrected chi connectivity index (χ1v) is 3.40. The Morgan fingerprint density at radius 2 is 2.00 bits per heavy atom. The van der Waals surface area contributed by atoms with Crippen molar-refractivity contribution in [3.8, 4) is 0 Å². The number of halogens is 1. The molecule has 0 saturated carbocycles. The molecule has 0 aromatic heterocycles. The SMILES string of the molecule is CCOC(=O)C(C)(C)NC.Cl. The molecule has 0 bridgehead atoms. The van der Waals surface area contributed by atoms with Crippen molar-refractivity contribution in [2.75, 3.05) is 13.7 Å². The van der Waals surface area contributed by atoms with Gasteiger partial charge in [0.25, 0.3) is 0 Å². The molecule has 0 saturated heterocycles. The van der Waals surface area contributed by atoms with Crippen LogP contribution >= 0.6 is 12.4 Å². The molecule has 1 N–H and O–H groups in total. The lowest BCUT2D eigenvalue weighted by molar-refractivity contribution is -0.149. The highest BCUT2D eigenvalue weighted by Crippen LogP contribution is 2.02. The topological polar surface area (TPSA) is 38.3 Å². The van der Waals surface area contributed by atoms with Crippen LogP contribution in [0, 0.1) is 0 Å². The second-order valence-corrected chi connectivity index (χ2v) is 2.60. The van der Waals surface area contributed by atoms with Gasteiger partial charge < -0.3 is 10.1 Å². The van der Waals surface area contributed by atoms with E-state index in [-0.39, 0.29) is 18.4 Å². The lowest BCUT2D eigenvalue weighted by Gasteiger charge is -2.20. The highest BCUT2D eigenvalue weighted by molar-refractivity contribution is 5.85. The molecule has 0 aliphatic rings. The number of hydrogen-bond donors (Lipinski definition) is 1. The van der Waals surface area contributed by atoms with Crippen molar-refractivity contribution in [1.29, 1.82) is 0 Å². The third-order valence-corrected chi connectivity index (χ3v) is 1.41. The van der Waals surface area contributed by atoms with E-state index in [4.69, 9.17) is 4.74 Å². The van der Waals surface area contributed by atoms with Crippen LogP contribution in [-0.4, -0.2) is 25.2 Å². The van der Waals surface area contributed by atoms with Crippen molar-refractivity contribution in [3.63, 3.8) is 0 Å². The fourth-order valence-corrected chi connectivity index (χ4v) is 0.414.